The zero-order valence-electron chi connectivity index (χ0n) is 18.7. The molecule has 0 saturated heterocycles. The second kappa shape index (κ2) is 8.31. The lowest BCUT2D eigenvalue weighted by atomic mass is 10.0. The number of ketones is 1. The molecule has 4 rings (SSSR count). The number of carbonyl (C=O) groups is 1. The Labute approximate surface area is 183 Å². The highest BCUT2D eigenvalue weighted by Gasteiger charge is 2.30. The number of hydrogen-bond acceptors (Lipinski definition) is 4. The van der Waals surface area contributed by atoms with Gasteiger partial charge in [0.15, 0.2) is 5.76 Å². The molecule has 3 aromatic rings. The first-order chi connectivity index (χ1) is 14.8. The molecule has 4 nitrogen and oxygen atoms in total. The van der Waals surface area contributed by atoms with E-state index in [9.17, 15) is 4.79 Å². The van der Waals surface area contributed by atoms with E-state index in [-0.39, 0.29) is 5.78 Å². The van der Waals surface area contributed by atoms with Gasteiger partial charge in [0.2, 0.25) is 5.78 Å². The number of Topliss-reactive ketones (excluding diaryl/α,β-unsaturated/α-hetero) is 1. The van der Waals surface area contributed by atoms with Crippen LogP contribution in [0.5, 0.6) is 11.5 Å². The van der Waals surface area contributed by atoms with Crippen LogP contribution in [-0.2, 0) is 6.61 Å². The minimum absolute atomic E-state index is 0.0923. The summed E-state index contributed by atoms with van der Waals surface area (Å²) in [5, 5.41) is 0. The zero-order valence-corrected chi connectivity index (χ0v) is 18.7. The quantitative estimate of drug-likeness (QED) is 0.490. The maximum Gasteiger partial charge on any atom is 0.232 e. The molecule has 1 heterocycles. The summed E-state index contributed by atoms with van der Waals surface area (Å²) in [7, 11) is 3.99. The second-order valence-electron chi connectivity index (χ2n) is 8.26. The Morgan fingerprint density at radius 3 is 2.39 bits per heavy atom. The normalized spacial score (nSPS) is 13.8. The molecule has 3 aromatic carbocycles. The number of aryl methyl sites for hydroxylation is 3. The van der Waals surface area contributed by atoms with E-state index in [0.29, 0.717) is 29.4 Å². The van der Waals surface area contributed by atoms with Crippen LogP contribution in [0.4, 0.5) is 5.69 Å². The van der Waals surface area contributed by atoms with E-state index in [1.807, 2.05) is 56.3 Å². The number of allylic oxidation sites excluding steroid dienone is 1. The van der Waals surface area contributed by atoms with E-state index in [4.69, 9.17) is 9.47 Å². The number of benzene rings is 3. The van der Waals surface area contributed by atoms with Crippen molar-refractivity contribution < 1.29 is 14.3 Å². The summed E-state index contributed by atoms with van der Waals surface area (Å²) in [6.07, 6.45) is 1.79. The summed E-state index contributed by atoms with van der Waals surface area (Å²) in [6.45, 7) is 6.54. The maximum atomic E-state index is 12.9. The predicted octanol–water partition coefficient (Wildman–Crippen LogP) is 5.87. The maximum absolute atomic E-state index is 12.9. The van der Waals surface area contributed by atoms with E-state index in [1.165, 1.54) is 11.1 Å². The molecule has 0 unspecified atom stereocenters. The van der Waals surface area contributed by atoms with E-state index in [2.05, 4.69) is 32.0 Å². The fourth-order valence-electron chi connectivity index (χ4n) is 3.70. The van der Waals surface area contributed by atoms with Crippen molar-refractivity contribution in [2.45, 2.75) is 27.4 Å². The van der Waals surface area contributed by atoms with Crippen molar-refractivity contribution in [1.82, 2.24) is 0 Å². The van der Waals surface area contributed by atoms with Gasteiger partial charge in [0, 0.05) is 25.8 Å². The summed E-state index contributed by atoms with van der Waals surface area (Å²) in [5.74, 6) is 1.49. The van der Waals surface area contributed by atoms with Gasteiger partial charge in [-0.15, -0.1) is 0 Å². The molecule has 0 amide bonds. The Morgan fingerprint density at radius 2 is 1.68 bits per heavy atom. The van der Waals surface area contributed by atoms with Gasteiger partial charge in [-0.3, -0.25) is 4.79 Å². The minimum atomic E-state index is -0.0923. The van der Waals surface area contributed by atoms with Crippen molar-refractivity contribution in [3.05, 3.63) is 93.7 Å². The highest BCUT2D eigenvalue weighted by molar-refractivity contribution is 6.15. The molecule has 0 aromatic heterocycles. The molecule has 0 N–H and O–H groups in total. The van der Waals surface area contributed by atoms with Crippen LogP contribution < -0.4 is 14.4 Å². The van der Waals surface area contributed by atoms with Gasteiger partial charge in [0.25, 0.3) is 0 Å². The number of carbonyl (C=O) groups excluding carboxylic acids is 1. The fourth-order valence-corrected chi connectivity index (χ4v) is 3.70. The molecule has 0 saturated carbocycles. The monoisotopic (exact) mass is 413 g/mol. The van der Waals surface area contributed by atoms with Crippen molar-refractivity contribution in [1.29, 1.82) is 0 Å². The van der Waals surface area contributed by atoms with Crippen LogP contribution in [0.2, 0.25) is 0 Å². The fraction of sp³-hybridized carbons (Fsp3) is 0.222. The SMILES string of the molecule is Cc1ccc(C)c(COc2cc(C)c3c(c2)O/C(=C\c2ccc(N(C)C)cc2)C3=O)c1. The van der Waals surface area contributed by atoms with Crippen LogP contribution in [0.15, 0.2) is 60.4 Å². The predicted molar refractivity (Wildman–Crippen MR) is 125 cm³/mol. The standard InChI is InChI=1S/C27H27NO3/c1-17-6-7-18(2)21(12-17)16-30-23-13-19(3)26-24(15-23)31-25(27(26)29)14-20-8-10-22(11-9-20)28(4)5/h6-15H,16H2,1-5H3/b25-14-. The number of anilines is 1. The molecule has 1 aliphatic heterocycles. The van der Waals surface area contributed by atoms with Gasteiger partial charge in [-0.1, -0.05) is 35.9 Å². The molecule has 158 valence electrons. The Bertz CT molecular complexity index is 1170. The van der Waals surface area contributed by atoms with Crippen LogP contribution in [0.3, 0.4) is 0 Å². The highest BCUT2D eigenvalue weighted by Crippen LogP contribution is 2.38. The molecule has 0 fully saturated rings. The summed E-state index contributed by atoms with van der Waals surface area (Å²) in [4.78, 5) is 15.0. The van der Waals surface area contributed by atoms with Crippen LogP contribution in [0.1, 0.15) is 38.2 Å². The molecule has 4 heteroatoms. The zero-order chi connectivity index (χ0) is 22.1. The largest absolute Gasteiger partial charge is 0.489 e. The van der Waals surface area contributed by atoms with Gasteiger partial charge in [-0.25, -0.2) is 0 Å². The van der Waals surface area contributed by atoms with E-state index >= 15 is 0 Å². The van der Waals surface area contributed by atoms with Crippen LogP contribution in [0.25, 0.3) is 6.08 Å². The molecule has 0 bridgehead atoms. The summed E-state index contributed by atoms with van der Waals surface area (Å²) < 4.78 is 12.0. The molecule has 0 atom stereocenters. The highest BCUT2D eigenvalue weighted by atomic mass is 16.5. The van der Waals surface area contributed by atoms with E-state index < -0.39 is 0 Å². The summed E-state index contributed by atoms with van der Waals surface area (Å²) >= 11 is 0. The third kappa shape index (κ3) is 4.33. The Morgan fingerprint density at radius 1 is 0.935 bits per heavy atom. The van der Waals surface area contributed by atoms with Gasteiger partial charge in [0.1, 0.15) is 18.1 Å². The first-order valence-electron chi connectivity index (χ1n) is 10.4. The van der Waals surface area contributed by atoms with Crippen LogP contribution in [-0.4, -0.2) is 19.9 Å². The lowest BCUT2D eigenvalue weighted by Crippen LogP contribution is -2.08. The topological polar surface area (TPSA) is 38.8 Å². The third-order valence-electron chi connectivity index (χ3n) is 5.55. The van der Waals surface area contributed by atoms with Crippen molar-refractivity contribution in [3.8, 4) is 11.5 Å². The summed E-state index contributed by atoms with van der Waals surface area (Å²) in [6, 6.07) is 18.0. The lowest BCUT2D eigenvalue weighted by Gasteiger charge is -2.12. The molecule has 31 heavy (non-hydrogen) atoms. The smallest absolute Gasteiger partial charge is 0.232 e. The molecule has 0 spiro atoms. The molecular weight excluding hydrogens is 386 g/mol. The van der Waals surface area contributed by atoms with Crippen molar-refractivity contribution in [2.75, 3.05) is 19.0 Å². The average molecular weight is 414 g/mol. The van der Waals surface area contributed by atoms with E-state index in [1.54, 1.807) is 12.1 Å². The Hall–Kier alpha value is -3.53. The van der Waals surface area contributed by atoms with Gasteiger partial charge >= 0.3 is 0 Å². The third-order valence-corrected chi connectivity index (χ3v) is 5.55. The second-order valence-corrected chi connectivity index (χ2v) is 8.26. The van der Waals surface area contributed by atoms with Gasteiger partial charge < -0.3 is 14.4 Å². The van der Waals surface area contributed by atoms with Gasteiger partial charge in [-0.05, 0) is 67.3 Å². The first-order valence-corrected chi connectivity index (χ1v) is 10.4. The van der Waals surface area contributed by atoms with Crippen molar-refractivity contribution >= 4 is 17.5 Å². The van der Waals surface area contributed by atoms with Crippen LogP contribution >= 0.6 is 0 Å². The number of fused-ring (bicyclic) bond motifs is 1. The summed E-state index contributed by atoms with van der Waals surface area (Å²) in [5.41, 5.74) is 7.03. The first kappa shape index (κ1) is 20.7. The Kier molecular flexibility index (Phi) is 5.55. The Balaban J connectivity index is 1.55. The molecule has 0 radical (unpaired) electrons. The van der Waals surface area contributed by atoms with Crippen molar-refractivity contribution in [2.24, 2.45) is 0 Å². The van der Waals surface area contributed by atoms with Gasteiger partial charge in [0.05, 0.1) is 5.56 Å². The lowest BCUT2D eigenvalue weighted by molar-refractivity contribution is 0.101. The minimum Gasteiger partial charge on any atom is -0.489 e. The van der Waals surface area contributed by atoms with E-state index in [0.717, 1.165) is 22.4 Å². The van der Waals surface area contributed by atoms with Crippen molar-refractivity contribution in [3.63, 3.8) is 0 Å². The number of hydrogen-bond donors (Lipinski definition) is 0. The number of rotatable bonds is 5. The number of nitrogens with zero attached hydrogens (tertiary/aromatic N) is 1. The average Bonchev–Trinajstić information content (AvgIpc) is 3.04. The molecular formula is C27H27NO3. The van der Waals surface area contributed by atoms with Gasteiger partial charge in [-0.2, -0.15) is 0 Å². The molecule has 1 aliphatic rings. The number of ether oxygens (including phenoxy) is 2. The molecule has 0 aliphatic carbocycles. The van der Waals surface area contributed by atoms with Crippen LogP contribution in [0, 0.1) is 20.8 Å².